The summed E-state index contributed by atoms with van der Waals surface area (Å²) in [6, 6.07) is 8.99. The summed E-state index contributed by atoms with van der Waals surface area (Å²) in [6.07, 6.45) is -0.338. The smallest absolute Gasteiger partial charge is 0.325 e. The van der Waals surface area contributed by atoms with Gasteiger partial charge >= 0.3 is 5.97 Å². The second-order valence-corrected chi connectivity index (χ2v) is 6.07. The zero-order valence-corrected chi connectivity index (χ0v) is 14.2. The summed E-state index contributed by atoms with van der Waals surface area (Å²) < 4.78 is 38.0. The Hall–Kier alpha value is -2.51. The first-order valence-electron chi connectivity index (χ1n) is 8.16. The zero-order valence-electron chi connectivity index (χ0n) is 14.2. The first-order chi connectivity index (χ1) is 12.5. The Morgan fingerprint density at radius 1 is 1.23 bits per heavy atom. The van der Waals surface area contributed by atoms with E-state index < -0.39 is 23.6 Å². The predicted molar refractivity (Wildman–Crippen MR) is 90.0 cm³/mol. The highest BCUT2D eigenvalue weighted by molar-refractivity contribution is 5.75. The molecule has 2 atom stereocenters. The number of aliphatic carboxylic acids is 1. The van der Waals surface area contributed by atoms with Crippen molar-refractivity contribution in [1.82, 2.24) is 4.90 Å². The number of benzene rings is 2. The molecule has 26 heavy (non-hydrogen) atoms. The van der Waals surface area contributed by atoms with Crippen molar-refractivity contribution in [2.24, 2.45) is 0 Å². The summed E-state index contributed by atoms with van der Waals surface area (Å²) in [4.78, 5) is 13.5. The van der Waals surface area contributed by atoms with Gasteiger partial charge in [0.25, 0.3) is 0 Å². The molecule has 0 amide bonds. The van der Waals surface area contributed by atoms with E-state index in [4.69, 9.17) is 9.47 Å². The van der Waals surface area contributed by atoms with Crippen molar-refractivity contribution in [2.45, 2.75) is 12.1 Å². The number of nitrogens with zero attached hydrogens (tertiary/aromatic N) is 1. The molecule has 3 rings (SSSR count). The minimum Gasteiger partial charge on any atom is -0.497 e. The summed E-state index contributed by atoms with van der Waals surface area (Å²) in [6.45, 7) is 0.960. The molecule has 0 spiro atoms. The molecule has 5 nitrogen and oxygen atoms in total. The van der Waals surface area contributed by atoms with Gasteiger partial charge in [0.05, 0.1) is 19.8 Å². The van der Waals surface area contributed by atoms with Gasteiger partial charge in [-0.2, -0.15) is 0 Å². The van der Waals surface area contributed by atoms with Crippen molar-refractivity contribution in [3.05, 3.63) is 65.2 Å². The van der Waals surface area contributed by atoms with Crippen molar-refractivity contribution in [1.29, 1.82) is 0 Å². The molecule has 1 N–H and O–H groups in total. The lowest BCUT2D eigenvalue weighted by Crippen LogP contribution is -2.43. The molecule has 0 aromatic heterocycles. The third-order valence-corrected chi connectivity index (χ3v) is 4.39. The highest BCUT2D eigenvalue weighted by atomic mass is 19.1. The van der Waals surface area contributed by atoms with Gasteiger partial charge in [0.15, 0.2) is 0 Å². The molecule has 1 heterocycles. The number of hydrogen-bond acceptors (Lipinski definition) is 4. The Labute approximate surface area is 149 Å². The molecule has 1 saturated heterocycles. The maximum Gasteiger partial charge on any atom is 0.325 e. The largest absolute Gasteiger partial charge is 0.497 e. The number of methoxy groups -OCH3 is 1. The van der Waals surface area contributed by atoms with Crippen LogP contribution in [0.1, 0.15) is 23.3 Å². The number of carbonyl (C=O) groups is 1. The van der Waals surface area contributed by atoms with Crippen molar-refractivity contribution in [3.8, 4) is 5.75 Å². The van der Waals surface area contributed by atoms with Crippen LogP contribution in [-0.2, 0) is 9.53 Å². The van der Waals surface area contributed by atoms with Gasteiger partial charge in [-0.15, -0.1) is 0 Å². The topological polar surface area (TPSA) is 59.0 Å². The molecule has 0 aliphatic carbocycles. The maximum atomic E-state index is 13.5. The van der Waals surface area contributed by atoms with Crippen LogP contribution >= 0.6 is 0 Å². The van der Waals surface area contributed by atoms with Gasteiger partial charge in [0.2, 0.25) is 0 Å². The number of ether oxygens (including phenoxy) is 2. The van der Waals surface area contributed by atoms with E-state index in [9.17, 15) is 18.7 Å². The van der Waals surface area contributed by atoms with Crippen molar-refractivity contribution < 1.29 is 28.2 Å². The molecule has 2 aromatic rings. The van der Waals surface area contributed by atoms with Crippen LogP contribution in [0.2, 0.25) is 0 Å². The molecule has 138 valence electrons. The fourth-order valence-corrected chi connectivity index (χ4v) is 3.17. The predicted octanol–water partition coefficient (Wildman–Crippen LogP) is 3.17. The quantitative estimate of drug-likeness (QED) is 0.884. The van der Waals surface area contributed by atoms with Crippen LogP contribution in [0.5, 0.6) is 5.75 Å². The molecular formula is C19H19F2NO4. The normalized spacial score (nSPS) is 19.1. The first kappa shape index (κ1) is 18.3. The van der Waals surface area contributed by atoms with E-state index in [-0.39, 0.29) is 11.7 Å². The van der Waals surface area contributed by atoms with E-state index >= 15 is 0 Å². The average Bonchev–Trinajstić information content (AvgIpc) is 2.61. The summed E-state index contributed by atoms with van der Waals surface area (Å²) in [5.41, 5.74) is 0.954. The molecule has 7 heteroatoms. The third kappa shape index (κ3) is 4.00. The highest BCUT2D eigenvalue weighted by Gasteiger charge is 2.33. The summed E-state index contributed by atoms with van der Waals surface area (Å²) in [5, 5.41) is 9.64. The molecular weight excluding hydrogens is 344 g/mol. The van der Waals surface area contributed by atoms with Crippen LogP contribution in [0.3, 0.4) is 0 Å². The Bertz CT molecular complexity index is 761. The maximum absolute atomic E-state index is 13.5. The second-order valence-electron chi connectivity index (χ2n) is 6.07. The lowest BCUT2D eigenvalue weighted by molar-refractivity contribution is -0.147. The van der Waals surface area contributed by atoms with E-state index in [1.165, 1.54) is 0 Å². The van der Waals surface area contributed by atoms with Gasteiger partial charge in [-0.3, -0.25) is 9.69 Å². The molecule has 1 aliphatic rings. The SMILES string of the molecule is COc1ccc(C2CN(C(C(=O)O)c3cc(F)cc(F)c3)CCO2)cc1. The molecule has 0 saturated carbocycles. The van der Waals surface area contributed by atoms with Crippen LogP contribution in [0.4, 0.5) is 8.78 Å². The average molecular weight is 363 g/mol. The Kier molecular flexibility index (Phi) is 5.49. The number of carboxylic acids is 1. The van der Waals surface area contributed by atoms with Gasteiger partial charge in [-0.25, -0.2) is 8.78 Å². The summed E-state index contributed by atoms with van der Waals surface area (Å²) in [7, 11) is 1.57. The minimum absolute atomic E-state index is 0.0744. The monoisotopic (exact) mass is 363 g/mol. The highest BCUT2D eigenvalue weighted by Crippen LogP contribution is 2.30. The van der Waals surface area contributed by atoms with Crippen LogP contribution < -0.4 is 4.74 Å². The Morgan fingerprint density at radius 2 is 1.88 bits per heavy atom. The van der Waals surface area contributed by atoms with Crippen LogP contribution in [0.15, 0.2) is 42.5 Å². The zero-order chi connectivity index (χ0) is 18.7. The fraction of sp³-hybridized carbons (Fsp3) is 0.316. The summed E-state index contributed by atoms with van der Waals surface area (Å²) in [5.74, 6) is -2.05. The fourth-order valence-electron chi connectivity index (χ4n) is 3.17. The van der Waals surface area contributed by atoms with E-state index in [0.29, 0.717) is 25.4 Å². The molecule has 1 aliphatic heterocycles. The molecule has 2 aromatic carbocycles. The molecule has 1 fully saturated rings. The van der Waals surface area contributed by atoms with Gasteiger partial charge in [0, 0.05) is 19.2 Å². The van der Waals surface area contributed by atoms with Crippen LogP contribution in [-0.4, -0.2) is 42.8 Å². The van der Waals surface area contributed by atoms with E-state index in [1.807, 2.05) is 12.1 Å². The van der Waals surface area contributed by atoms with E-state index in [0.717, 1.165) is 23.8 Å². The van der Waals surface area contributed by atoms with Gasteiger partial charge in [-0.1, -0.05) is 12.1 Å². The lowest BCUT2D eigenvalue weighted by Gasteiger charge is -2.36. The van der Waals surface area contributed by atoms with E-state index in [1.54, 1.807) is 24.1 Å². The van der Waals surface area contributed by atoms with Gasteiger partial charge in [-0.05, 0) is 35.4 Å². The Balaban J connectivity index is 1.84. The van der Waals surface area contributed by atoms with Crippen LogP contribution in [0, 0.1) is 11.6 Å². The van der Waals surface area contributed by atoms with Crippen LogP contribution in [0.25, 0.3) is 0 Å². The van der Waals surface area contributed by atoms with E-state index in [2.05, 4.69) is 0 Å². The number of rotatable bonds is 5. The molecule has 2 unspecified atom stereocenters. The van der Waals surface area contributed by atoms with Gasteiger partial charge in [0.1, 0.15) is 23.4 Å². The van der Waals surface area contributed by atoms with Crippen molar-refractivity contribution in [3.63, 3.8) is 0 Å². The number of morpholine rings is 1. The molecule has 0 radical (unpaired) electrons. The first-order valence-corrected chi connectivity index (χ1v) is 8.16. The standard InChI is InChI=1S/C19H19F2NO4/c1-25-16-4-2-12(3-5-16)17-11-22(6-7-26-17)18(19(23)24)13-8-14(20)10-15(21)9-13/h2-5,8-10,17-18H,6-7,11H2,1H3,(H,23,24). The molecule has 0 bridgehead atoms. The van der Waals surface area contributed by atoms with Gasteiger partial charge < -0.3 is 14.6 Å². The Morgan fingerprint density at radius 3 is 2.46 bits per heavy atom. The van der Waals surface area contributed by atoms with Crippen molar-refractivity contribution in [2.75, 3.05) is 26.8 Å². The third-order valence-electron chi connectivity index (χ3n) is 4.39. The lowest BCUT2D eigenvalue weighted by atomic mass is 10.0. The minimum atomic E-state index is -1.16. The van der Waals surface area contributed by atoms with Crippen molar-refractivity contribution >= 4 is 5.97 Å². The number of halogens is 2. The number of hydrogen-bond donors (Lipinski definition) is 1. The second kappa shape index (κ2) is 7.80. The number of carboxylic acid groups (broad SMARTS) is 1. The summed E-state index contributed by atoms with van der Waals surface area (Å²) >= 11 is 0.